The normalized spacial score (nSPS) is 11.1. The summed E-state index contributed by atoms with van der Waals surface area (Å²) in [5, 5.41) is 6.55. The minimum absolute atomic E-state index is 0.693. The molecule has 0 aromatic carbocycles. The Bertz CT molecular complexity index is 441. The van der Waals surface area contributed by atoms with E-state index in [2.05, 4.69) is 52.5 Å². The van der Waals surface area contributed by atoms with Crippen LogP contribution in [0.2, 0.25) is 0 Å². The molecular formula is C12H9S3Si. The lowest BCUT2D eigenvalue weighted by Gasteiger charge is -2.08. The Morgan fingerprint density at radius 2 is 1.00 bits per heavy atom. The van der Waals surface area contributed by atoms with Gasteiger partial charge < -0.3 is 0 Å². The summed E-state index contributed by atoms with van der Waals surface area (Å²) in [6.07, 6.45) is 0. The zero-order chi connectivity index (χ0) is 10.8. The van der Waals surface area contributed by atoms with E-state index in [0.29, 0.717) is 0 Å². The van der Waals surface area contributed by atoms with Gasteiger partial charge in [-0.15, -0.1) is 0 Å². The lowest BCUT2D eigenvalue weighted by molar-refractivity contribution is 2.01. The van der Waals surface area contributed by atoms with Crippen molar-refractivity contribution in [1.29, 1.82) is 0 Å². The molecule has 0 atom stereocenters. The standard InChI is InChI=1S/C12H9S3Si/c1-4-10(13-7-1)16(11-5-2-8-14-11)12-6-3-9-15-12/h1-9H. The molecule has 3 aromatic heterocycles. The molecule has 0 nitrogen and oxygen atoms in total. The fourth-order valence-corrected chi connectivity index (χ4v) is 9.11. The maximum Gasteiger partial charge on any atom is 0.193 e. The van der Waals surface area contributed by atoms with Gasteiger partial charge in [-0.25, -0.2) is 0 Å². The summed E-state index contributed by atoms with van der Waals surface area (Å²) in [6, 6.07) is 13.3. The second-order valence-corrected chi connectivity index (χ2v) is 9.60. The van der Waals surface area contributed by atoms with Crippen LogP contribution in [0.4, 0.5) is 0 Å². The second kappa shape index (κ2) is 4.67. The van der Waals surface area contributed by atoms with Crippen LogP contribution in [-0.2, 0) is 0 Å². The van der Waals surface area contributed by atoms with Crippen LogP contribution in [0.25, 0.3) is 0 Å². The van der Waals surface area contributed by atoms with Gasteiger partial charge in [-0.05, 0) is 16.1 Å². The largest absolute Gasteiger partial charge is 0.193 e. The minimum Gasteiger partial charge on any atom is -0.153 e. The number of rotatable bonds is 3. The smallest absolute Gasteiger partial charge is 0.153 e. The maximum absolute atomic E-state index is 2.28. The average molecular weight is 277 g/mol. The summed E-state index contributed by atoms with van der Waals surface area (Å²) < 4.78 is 4.61. The Hall–Kier alpha value is -0.683. The molecule has 16 heavy (non-hydrogen) atoms. The van der Waals surface area contributed by atoms with Crippen molar-refractivity contribution in [3.63, 3.8) is 0 Å². The predicted molar refractivity (Wildman–Crippen MR) is 77.6 cm³/mol. The third-order valence-corrected chi connectivity index (χ3v) is 9.23. The monoisotopic (exact) mass is 277 g/mol. The molecule has 0 saturated carbocycles. The van der Waals surface area contributed by atoms with Gasteiger partial charge in [-0.3, -0.25) is 0 Å². The molecule has 3 rings (SSSR count). The molecule has 3 aromatic rings. The van der Waals surface area contributed by atoms with Crippen LogP contribution in [0.15, 0.2) is 52.5 Å². The summed E-state index contributed by atoms with van der Waals surface area (Å²) in [5.74, 6) is 0. The van der Waals surface area contributed by atoms with Gasteiger partial charge in [0, 0.05) is 13.5 Å². The van der Waals surface area contributed by atoms with Gasteiger partial charge in [0.25, 0.3) is 0 Å². The van der Waals surface area contributed by atoms with Crippen molar-refractivity contribution in [2.24, 2.45) is 0 Å². The van der Waals surface area contributed by atoms with E-state index >= 15 is 0 Å². The minimum atomic E-state index is -0.693. The van der Waals surface area contributed by atoms with E-state index in [1.165, 1.54) is 13.5 Å². The molecule has 79 valence electrons. The van der Waals surface area contributed by atoms with E-state index in [1.807, 2.05) is 34.0 Å². The zero-order valence-corrected chi connectivity index (χ0v) is 11.9. The topological polar surface area (TPSA) is 0 Å². The van der Waals surface area contributed by atoms with E-state index < -0.39 is 8.80 Å². The fraction of sp³-hybridized carbons (Fsp3) is 0. The molecule has 0 unspecified atom stereocenters. The summed E-state index contributed by atoms with van der Waals surface area (Å²) >= 11 is 5.66. The molecule has 0 bridgehead atoms. The average Bonchev–Trinajstić information content (AvgIpc) is 3.02. The van der Waals surface area contributed by atoms with E-state index in [9.17, 15) is 0 Å². The van der Waals surface area contributed by atoms with Crippen LogP contribution in [0, 0.1) is 0 Å². The van der Waals surface area contributed by atoms with Gasteiger partial charge in [0.05, 0.1) is 0 Å². The van der Waals surface area contributed by atoms with Gasteiger partial charge in [0.15, 0.2) is 8.80 Å². The van der Waals surface area contributed by atoms with Crippen LogP contribution in [0.3, 0.4) is 0 Å². The molecule has 0 aliphatic carbocycles. The second-order valence-electron chi connectivity index (χ2n) is 3.31. The van der Waals surface area contributed by atoms with Crippen LogP contribution < -0.4 is 13.5 Å². The van der Waals surface area contributed by atoms with Gasteiger partial charge in [0.2, 0.25) is 0 Å². The molecule has 3 heterocycles. The fourth-order valence-electron chi connectivity index (χ4n) is 1.63. The molecule has 4 heteroatoms. The highest BCUT2D eigenvalue weighted by molar-refractivity contribution is 7.39. The third kappa shape index (κ3) is 1.93. The Balaban J connectivity index is 2.09. The number of thiophene rings is 3. The summed E-state index contributed by atoms with van der Waals surface area (Å²) in [4.78, 5) is 0. The van der Waals surface area contributed by atoms with E-state index in [0.717, 1.165) is 0 Å². The Morgan fingerprint density at radius 3 is 1.25 bits per heavy atom. The molecular weight excluding hydrogens is 268 g/mol. The summed E-state index contributed by atoms with van der Waals surface area (Å²) in [6.45, 7) is 0. The lowest BCUT2D eigenvalue weighted by Crippen LogP contribution is -2.48. The summed E-state index contributed by atoms with van der Waals surface area (Å²) in [7, 11) is -0.693. The number of hydrogen-bond donors (Lipinski definition) is 0. The highest BCUT2D eigenvalue weighted by atomic mass is 32.1. The van der Waals surface area contributed by atoms with E-state index in [1.54, 1.807) is 0 Å². The Labute approximate surface area is 108 Å². The van der Waals surface area contributed by atoms with Crippen molar-refractivity contribution in [2.45, 2.75) is 0 Å². The van der Waals surface area contributed by atoms with Crippen molar-refractivity contribution in [2.75, 3.05) is 0 Å². The molecule has 0 fully saturated rings. The Kier molecular flexibility index (Phi) is 3.06. The van der Waals surface area contributed by atoms with E-state index in [4.69, 9.17) is 0 Å². The highest BCUT2D eigenvalue weighted by Crippen LogP contribution is 2.05. The highest BCUT2D eigenvalue weighted by Gasteiger charge is 2.22. The van der Waals surface area contributed by atoms with E-state index in [-0.39, 0.29) is 0 Å². The molecule has 0 spiro atoms. The van der Waals surface area contributed by atoms with Crippen molar-refractivity contribution in [3.8, 4) is 0 Å². The molecule has 0 N–H and O–H groups in total. The lowest BCUT2D eigenvalue weighted by atomic mass is 10.7. The number of hydrogen-bond acceptors (Lipinski definition) is 3. The van der Waals surface area contributed by atoms with Gasteiger partial charge in [0.1, 0.15) is 0 Å². The van der Waals surface area contributed by atoms with Gasteiger partial charge in [-0.2, -0.15) is 34.0 Å². The molecule has 0 amide bonds. The maximum atomic E-state index is 2.28. The van der Waals surface area contributed by atoms with Crippen molar-refractivity contribution < 1.29 is 0 Å². The first-order chi connectivity index (χ1) is 7.95. The van der Waals surface area contributed by atoms with Crippen LogP contribution in [0.5, 0.6) is 0 Å². The third-order valence-electron chi connectivity index (χ3n) is 2.30. The van der Waals surface area contributed by atoms with Crippen LogP contribution in [0.1, 0.15) is 0 Å². The molecule has 1 radical (unpaired) electrons. The van der Waals surface area contributed by atoms with Crippen LogP contribution >= 0.6 is 34.0 Å². The zero-order valence-electron chi connectivity index (χ0n) is 8.42. The molecule has 0 aliphatic heterocycles. The van der Waals surface area contributed by atoms with Crippen molar-refractivity contribution >= 4 is 56.3 Å². The first-order valence-corrected chi connectivity index (χ1v) is 9.07. The molecule has 0 saturated heterocycles. The molecule has 0 aliphatic rings. The predicted octanol–water partition coefficient (Wildman–Crippen LogP) is 2.39. The first kappa shape index (κ1) is 10.5. The first-order valence-electron chi connectivity index (χ1n) is 4.94. The SMILES string of the molecule is c1csc([Si](c2cccs2)c2cccs2)c1. The Morgan fingerprint density at radius 1 is 0.625 bits per heavy atom. The van der Waals surface area contributed by atoms with Crippen LogP contribution in [-0.4, -0.2) is 8.80 Å². The summed E-state index contributed by atoms with van der Waals surface area (Å²) in [5.41, 5.74) is 0. The van der Waals surface area contributed by atoms with Gasteiger partial charge >= 0.3 is 0 Å². The van der Waals surface area contributed by atoms with Crippen molar-refractivity contribution in [1.82, 2.24) is 0 Å². The quantitative estimate of drug-likeness (QED) is 0.645. The van der Waals surface area contributed by atoms with Gasteiger partial charge in [-0.1, -0.05) is 36.4 Å². The van der Waals surface area contributed by atoms with Crippen molar-refractivity contribution in [3.05, 3.63) is 52.5 Å².